The zero-order valence-electron chi connectivity index (χ0n) is 18.2. The molecule has 1 heterocycles. The van der Waals surface area contributed by atoms with Gasteiger partial charge in [0.15, 0.2) is 0 Å². The topological polar surface area (TPSA) is 12.9 Å². The molecule has 0 radical (unpaired) electrons. The molecule has 0 N–H and O–H groups in total. The van der Waals surface area contributed by atoms with Crippen LogP contribution >= 0.6 is 0 Å². The summed E-state index contributed by atoms with van der Waals surface area (Å²) in [6.07, 6.45) is 0. The van der Waals surface area contributed by atoms with Crippen LogP contribution in [0, 0.1) is 6.92 Å². The first-order valence-electron chi connectivity index (χ1n) is 11.0. The Balaban J connectivity index is 0.000000994. The lowest BCUT2D eigenvalue weighted by Gasteiger charge is -2.14. The van der Waals surface area contributed by atoms with E-state index in [1.165, 1.54) is 43.3 Å². The number of benzene rings is 5. The Hall–Kier alpha value is -3.71. The molecule has 6 aromatic rings. The average Bonchev–Trinajstić information content (AvgIpc) is 2.84. The van der Waals surface area contributed by atoms with Gasteiger partial charge in [-0.15, -0.1) is 0 Å². The van der Waals surface area contributed by atoms with Crippen LogP contribution in [-0.2, 0) is 0 Å². The minimum atomic E-state index is 1.05. The third-order valence-electron chi connectivity index (χ3n) is 5.94. The quantitative estimate of drug-likeness (QED) is 0.252. The predicted octanol–water partition coefficient (Wildman–Crippen LogP) is 8.70. The van der Waals surface area contributed by atoms with Crippen molar-refractivity contribution in [2.75, 3.05) is 0 Å². The molecule has 31 heavy (non-hydrogen) atoms. The van der Waals surface area contributed by atoms with E-state index in [1.54, 1.807) is 0 Å². The van der Waals surface area contributed by atoms with Crippen LogP contribution in [0.4, 0.5) is 0 Å². The molecule has 6 rings (SSSR count). The lowest BCUT2D eigenvalue weighted by molar-refractivity contribution is 1.42. The van der Waals surface area contributed by atoms with Crippen molar-refractivity contribution in [3.8, 4) is 11.3 Å². The lowest BCUT2D eigenvalue weighted by atomic mass is 9.93. The molecule has 0 aliphatic heterocycles. The van der Waals surface area contributed by atoms with E-state index in [1.807, 2.05) is 13.8 Å². The molecule has 1 heteroatoms. The van der Waals surface area contributed by atoms with E-state index in [4.69, 9.17) is 4.98 Å². The normalized spacial score (nSPS) is 11.1. The summed E-state index contributed by atoms with van der Waals surface area (Å²) < 4.78 is 0. The molecule has 0 amide bonds. The molecule has 0 fully saturated rings. The third-order valence-corrected chi connectivity index (χ3v) is 5.94. The molecule has 0 unspecified atom stereocenters. The second-order valence-corrected chi connectivity index (χ2v) is 7.70. The second kappa shape index (κ2) is 7.85. The van der Waals surface area contributed by atoms with Crippen LogP contribution in [0.25, 0.3) is 54.5 Å². The fraction of sp³-hybridized carbons (Fsp3) is 0.100. The number of nitrogens with zero attached hydrogens (tertiary/aromatic N) is 1. The van der Waals surface area contributed by atoms with Crippen molar-refractivity contribution in [1.29, 1.82) is 0 Å². The van der Waals surface area contributed by atoms with E-state index >= 15 is 0 Å². The van der Waals surface area contributed by atoms with Gasteiger partial charge in [-0.05, 0) is 46.2 Å². The molecule has 1 aromatic heterocycles. The van der Waals surface area contributed by atoms with Gasteiger partial charge in [0.05, 0.1) is 11.2 Å². The summed E-state index contributed by atoms with van der Waals surface area (Å²) in [5, 5.41) is 8.81. The van der Waals surface area contributed by atoms with Gasteiger partial charge in [0.2, 0.25) is 0 Å². The number of aryl methyl sites for hydroxylation is 1. The summed E-state index contributed by atoms with van der Waals surface area (Å²) in [4.78, 5) is 5.15. The van der Waals surface area contributed by atoms with Crippen LogP contribution < -0.4 is 0 Å². The summed E-state index contributed by atoms with van der Waals surface area (Å²) in [6.45, 7) is 6.18. The van der Waals surface area contributed by atoms with Crippen molar-refractivity contribution in [3.05, 3.63) is 103 Å². The van der Waals surface area contributed by atoms with E-state index in [2.05, 4.69) is 104 Å². The Kier molecular flexibility index (Phi) is 4.88. The maximum absolute atomic E-state index is 5.15. The average molecular weight is 400 g/mol. The Labute approximate surface area is 183 Å². The number of hydrogen-bond donors (Lipinski definition) is 0. The van der Waals surface area contributed by atoms with Gasteiger partial charge in [0.25, 0.3) is 0 Å². The van der Waals surface area contributed by atoms with Gasteiger partial charge in [-0.25, -0.2) is 4.98 Å². The maximum atomic E-state index is 5.15. The summed E-state index contributed by atoms with van der Waals surface area (Å²) in [5.41, 5.74) is 4.53. The van der Waals surface area contributed by atoms with Gasteiger partial charge in [-0.2, -0.15) is 0 Å². The number of pyridine rings is 1. The first kappa shape index (κ1) is 19.3. The first-order chi connectivity index (χ1) is 15.3. The van der Waals surface area contributed by atoms with Gasteiger partial charge in [-0.1, -0.05) is 98.8 Å². The zero-order valence-corrected chi connectivity index (χ0v) is 18.2. The highest BCUT2D eigenvalue weighted by atomic mass is 14.7. The monoisotopic (exact) mass is 399 g/mol. The fourth-order valence-corrected chi connectivity index (χ4v) is 4.55. The lowest BCUT2D eigenvalue weighted by Crippen LogP contribution is -1.92. The zero-order chi connectivity index (χ0) is 21.4. The third kappa shape index (κ3) is 3.14. The Bertz CT molecular complexity index is 1560. The molecular formula is C30H25N. The molecule has 0 bridgehead atoms. The Morgan fingerprint density at radius 1 is 0.548 bits per heavy atom. The van der Waals surface area contributed by atoms with Crippen molar-refractivity contribution >= 4 is 43.2 Å². The highest BCUT2D eigenvalue weighted by Gasteiger charge is 2.14. The molecule has 0 saturated carbocycles. The first-order valence-corrected chi connectivity index (χ1v) is 11.0. The predicted molar refractivity (Wildman–Crippen MR) is 136 cm³/mol. The van der Waals surface area contributed by atoms with Crippen molar-refractivity contribution in [3.63, 3.8) is 0 Å². The standard InChI is InChI=1S/C28H19N.C2H6/c1-18-7-6-12-25-26(18)27-23-11-5-4-9-20(23)15-16-24(27)28(29-25)22-14-13-19-8-2-3-10-21(19)17-22;1-2/h2-17H,1H3;1-2H3. The molecule has 0 aliphatic rings. The van der Waals surface area contributed by atoms with Gasteiger partial charge in [0.1, 0.15) is 0 Å². The van der Waals surface area contributed by atoms with Crippen LogP contribution in [-0.4, -0.2) is 4.98 Å². The van der Waals surface area contributed by atoms with E-state index in [0.29, 0.717) is 0 Å². The van der Waals surface area contributed by atoms with Crippen LogP contribution in [0.2, 0.25) is 0 Å². The molecule has 5 aromatic carbocycles. The number of fused-ring (bicyclic) bond motifs is 6. The van der Waals surface area contributed by atoms with Crippen molar-refractivity contribution < 1.29 is 0 Å². The van der Waals surface area contributed by atoms with Gasteiger partial charge >= 0.3 is 0 Å². The molecule has 150 valence electrons. The van der Waals surface area contributed by atoms with Crippen LogP contribution in [0.15, 0.2) is 97.1 Å². The molecule has 0 saturated heterocycles. The SMILES string of the molecule is CC.Cc1cccc2nc(-c3ccc4ccccc4c3)c3ccc4ccccc4c3c12. The van der Waals surface area contributed by atoms with Gasteiger partial charge in [0, 0.05) is 21.7 Å². The molecule has 0 atom stereocenters. The summed E-state index contributed by atoms with van der Waals surface area (Å²) in [7, 11) is 0. The number of rotatable bonds is 1. The largest absolute Gasteiger partial charge is 0.247 e. The maximum Gasteiger partial charge on any atom is 0.0788 e. The van der Waals surface area contributed by atoms with E-state index in [0.717, 1.165) is 16.8 Å². The minimum absolute atomic E-state index is 1.05. The van der Waals surface area contributed by atoms with Crippen LogP contribution in [0.1, 0.15) is 19.4 Å². The Morgan fingerprint density at radius 2 is 1.26 bits per heavy atom. The molecule has 0 spiro atoms. The fourth-order valence-electron chi connectivity index (χ4n) is 4.55. The minimum Gasteiger partial charge on any atom is -0.247 e. The van der Waals surface area contributed by atoms with Crippen LogP contribution in [0.5, 0.6) is 0 Å². The highest BCUT2D eigenvalue weighted by Crippen LogP contribution is 2.38. The van der Waals surface area contributed by atoms with Crippen molar-refractivity contribution in [1.82, 2.24) is 4.98 Å². The molecular weight excluding hydrogens is 374 g/mol. The number of hydrogen-bond acceptors (Lipinski definition) is 1. The van der Waals surface area contributed by atoms with Gasteiger partial charge < -0.3 is 0 Å². The van der Waals surface area contributed by atoms with E-state index in [-0.39, 0.29) is 0 Å². The summed E-state index contributed by atoms with van der Waals surface area (Å²) in [5.74, 6) is 0. The van der Waals surface area contributed by atoms with Gasteiger partial charge in [-0.3, -0.25) is 0 Å². The van der Waals surface area contributed by atoms with E-state index in [9.17, 15) is 0 Å². The smallest absolute Gasteiger partial charge is 0.0788 e. The molecule has 0 aliphatic carbocycles. The summed E-state index contributed by atoms with van der Waals surface area (Å²) in [6, 6.07) is 34.7. The number of aromatic nitrogens is 1. The van der Waals surface area contributed by atoms with Crippen LogP contribution in [0.3, 0.4) is 0 Å². The van der Waals surface area contributed by atoms with Crippen molar-refractivity contribution in [2.45, 2.75) is 20.8 Å². The van der Waals surface area contributed by atoms with Crippen molar-refractivity contribution in [2.24, 2.45) is 0 Å². The van der Waals surface area contributed by atoms with E-state index < -0.39 is 0 Å². The Morgan fingerprint density at radius 3 is 2.10 bits per heavy atom. The molecule has 1 nitrogen and oxygen atoms in total. The summed E-state index contributed by atoms with van der Waals surface area (Å²) >= 11 is 0. The second-order valence-electron chi connectivity index (χ2n) is 7.70. The highest BCUT2D eigenvalue weighted by molar-refractivity contribution is 6.23.